The highest BCUT2D eigenvalue weighted by Crippen LogP contribution is 2.33. The summed E-state index contributed by atoms with van der Waals surface area (Å²) in [4.78, 5) is 27.5. The van der Waals surface area contributed by atoms with Crippen LogP contribution in [0, 0.1) is 0 Å². The Morgan fingerprint density at radius 1 is 1.10 bits per heavy atom. The van der Waals surface area contributed by atoms with Crippen LogP contribution >= 0.6 is 0 Å². The van der Waals surface area contributed by atoms with Gasteiger partial charge in [0.25, 0.3) is 5.91 Å². The molecule has 2 amide bonds. The largest absolute Gasteiger partial charge is 0.472 e. The molecule has 0 saturated heterocycles. The third-order valence-electron chi connectivity index (χ3n) is 5.47. The smallest absolute Gasteiger partial charge is 0.255 e. The molecule has 0 fully saturated rings. The summed E-state index contributed by atoms with van der Waals surface area (Å²) in [6, 6.07) is 19.4. The van der Waals surface area contributed by atoms with Crippen LogP contribution in [-0.2, 0) is 17.6 Å². The summed E-state index contributed by atoms with van der Waals surface area (Å²) in [5.41, 5.74) is 4.06. The number of nitrogens with zero attached hydrogens (tertiary/aromatic N) is 1. The Morgan fingerprint density at radius 2 is 1.86 bits per heavy atom. The number of benzene rings is 2. The summed E-state index contributed by atoms with van der Waals surface area (Å²) in [6.07, 6.45) is 4.38. The number of amides is 2. The SMILES string of the molecule is C[C@H](NC(=O)c1ccoc1)C(=O)N1CCc2ccccc2[C@@H]1Cc1ccccc1. The first-order chi connectivity index (χ1) is 14.1. The van der Waals surface area contributed by atoms with E-state index in [0.717, 1.165) is 12.8 Å². The van der Waals surface area contributed by atoms with Gasteiger partial charge in [0, 0.05) is 6.54 Å². The molecule has 1 aliphatic heterocycles. The summed E-state index contributed by atoms with van der Waals surface area (Å²) in [6.45, 7) is 2.37. The molecule has 4 rings (SSSR count). The predicted octanol–water partition coefficient (Wildman–Crippen LogP) is 3.77. The van der Waals surface area contributed by atoms with Gasteiger partial charge in [-0.05, 0) is 42.5 Å². The molecule has 5 nitrogen and oxygen atoms in total. The van der Waals surface area contributed by atoms with E-state index in [1.807, 2.05) is 35.2 Å². The zero-order chi connectivity index (χ0) is 20.2. The van der Waals surface area contributed by atoms with Crippen molar-refractivity contribution in [1.82, 2.24) is 10.2 Å². The van der Waals surface area contributed by atoms with Crippen LogP contribution in [0.3, 0.4) is 0 Å². The number of hydrogen-bond acceptors (Lipinski definition) is 3. The van der Waals surface area contributed by atoms with Crippen molar-refractivity contribution in [1.29, 1.82) is 0 Å². The van der Waals surface area contributed by atoms with Crippen LogP contribution in [0.25, 0.3) is 0 Å². The lowest BCUT2D eigenvalue weighted by atomic mass is 9.88. The first-order valence-electron chi connectivity index (χ1n) is 9.89. The molecule has 3 aromatic rings. The summed E-state index contributed by atoms with van der Waals surface area (Å²) in [5.74, 6) is -0.381. The molecule has 0 radical (unpaired) electrons. The third kappa shape index (κ3) is 4.09. The van der Waals surface area contributed by atoms with Crippen molar-refractivity contribution in [3.8, 4) is 0 Å². The van der Waals surface area contributed by atoms with Crippen LogP contribution in [0.5, 0.6) is 0 Å². The van der Waals surface area contributed by atoms with E-state index in [1.165, 1.54) is 29.2 Å². The Bertz CT molecular complexity index is 982. The average molecular weight is 388 g/mol. The average Bonchev–Trinajstić information content (AvgIpc) is 3.29. The standard InChI is InChI=1S/C24H24N2O3/c1-17(25-23(27)20-12-14-29-16-20)24(28)26-13-11-19-9-5-6-10-21(19)22(26)15-18-7-3-2-4-8-18/h2-10,12,14,16-17,22H,11,13,15H2,1H3,(H,25,27)/t17-,22-/m0/s1. The quantitative estimate of drug-likeness (QED) is 0.724. The van der Waals surface area contributed by atoms with E-state index < -0.39 is 6.04 Å². The molecule has 29 heavy (non-hydrogen) atoms. The fraction of sp³-hybridized carbons (Fsp3) is 0.250. The van der Waals surface area contributed by atoms with Crippen LogP contribution in [0.1, 0.15) is 40.0 Å². The Morgan fingerprint density at radius 3 is 2.62 bits per heavy atom. The molecule has 1 aliphatic rings. The number of rotatable bonds is 5. The monoisotopic (exact) mass is 388 g/mol. The van der Waals surface area contributed by atoms with Crippen molar-refractivity contribution >= 4 is 11.8 Å². The van der Waals surface area contributed by atoms with Crippen LogP contribution in [-0.4, -0.2) is 29.3 Å². The lowest BCUT2D eigenvalue weighted by Crippen LogP contribution is -2.50. The Kier molecular flexibility index (Phi) is 5.47. The molecule has 0 spiro atoms. The van der Waals surface area contributed by atoms with Crippen LogP contribution in [0.4, 0.5) is 0 Å². The lowest BCUT2D eigenvalue weighted by molar-refractivity contribution is -0.135. The Labute approximate surface area is 170 Å². The number of furan rings is 1. The van der Waals surface area contributed by atoms with E-state index in [9.17, 15) is 9.59 Å². The zero-order valence-corrected chi connectivity index (χ0v) is 16.4. The van der Waals surface area contributed by atoms with Crippen molar-refractivity contribution < 1.29 is 14.0 Å². The lowest BCUT2D eigenvalue weighted by Gasteiger charge is -2.39. The van der Waals surface area contributed by atoms with Crippen molar-refractivity contribution in [2.24, 2.45) is 0 Å². The first kappa shape index (κ1) is 19.0. The molecular weight excluding hydrogens is 364 g/mol. The summed E-state index contributed by atoms with van der Waals surface area (Å²) >= 11 is 0. The van der Waals surface area contributed by atoms with Crippen LogP contribution < -0.4 is 5.32 Å². The second kappa shape index (κ2) is 8.35. The molecule has 1 N–H and O–H groups in total. The van der Waals surface area contributed by atoms with E-state index in [4.69, 9.17) is 4.42 Å². The maximum atomic E-state index is 13.3. The molecule has 2 atom stereocenters. The zero-order valence-electron chi connectivity index (χ0n) is 16.4. The fourth-order valence-electron chi connectivity index (χ4n) is 3.96. The van der Waals surface area contributed by atoms with Crippen molar-refractivity contribution in [2.45, 2.75) is 31.8 Å². The van der Waals surface area contributed by atoms with E-state index in [0.29, 0.717) is 12.1 Å². The molecule has 5 heteroatoms. The molecule has 0 aliphatic carbocycles. The maximum absolute atomic E-state index is 13.3. The molecule has 2 heterocycles. The number of fused-ring (bicyclic) bond motifs is 1. The van der Waals surface area contributed by atoms with Crippen molar-refractivity contribution in [3.63, 3.8) is 0 Å². The van der Waals surface area contributed by atoms with Crippen LogP contribution in [0.2, 0.25) is 0 Å². The first-order valence-corrected chi connectivity index (χ1v) is 9.89. The molecule has 148 valence electrons. The Balaban J connectivity index is 1.57. The number of carbonyl (C=O) groups excluding carboxylic acids is 2. The summed E-state index contributed by atoms with van der Waals surface area (Å²) in [5, 5.41) is 2.80. The molecule has 0 bridgehead atoms. The fourth-order valence-corrected chi connectivity index (χ4v) is 3.96. The van der Waals surface area contributed by atoms with E-state index in [2.05, 4.69) is 29.6 Å². The van der Waals surface area contributed by atoms with Crippen LogP contribution in [0.15, 0.2) is 77.6 Å². The van der Waals surface area contributed by atoms with Crippen molar-refractivity contribution in [2.75, 3.05) is 6.54 Å². The number of carbonyl (C=O) groups is 2. The van der Waals surface area contributed by atoms with Gasteiger partial charge in [0.1, 0.15) is 12.3 Å². The predicted molar refractivity (Wildman–Crippen MR) is 110 cm³/mol. The second-order valence-electron chi connectivity index (χ2n) is 7.39. The Hall–Kier alpha value is -3.34. The van der Waals surface area contributed by atoms with E-state index >= 15 is 0 Å². The highest BCUT2D eigenvalue weighted by molar-refractivity contribution is 5.97. The van der Waals surface area contributed by atoms with Gasteiger partial charge < -0.3 is 14.6 Å². The topological polar surface area (TPSA) is 62.6 Å². The van der Waals surface area contributed by atoms with E-state index in [1.54, 1.807) is 13.0 Å². The summed E-state index contributed by atoms with van der Waals surface area (Å²) in [7, 11) is 0. The van der Waals surface area contributed by atoms with Gasteiger partial charge in [-0.1, -0.05) is 54.6 Å². The van der Waals surface area contributed by atoms with Gasteiger partial charge in [-0.3, -0.25) is 9.59 Å². The molecule has 0 saturated carbocycles. The molecule has 0 unspecified atom stereocenters. The third-order valence-corrected chi connectivity index (χ3v) is 5.47. The van der Waals surface area contributed by atoms with Gasteiger partial charge in [-0.2, -0.15) is 0 Å². The number of nitrogens with one attached hydrogen (secondary N) is 1. The second-order valence-corrected chi connectivity index (χ2v) is 7.39. The summed E-state index contributed by atoms with van der Waals surface area (Å²) < 4.78 is 4.96. The van der Waals surface area contributed by atoms with Gasteiger partial charge in [0.05, 0.1) is 17.9 Å². The highest BCUT2D eigenvalue weighted by Gasteiger charge is 2.33. The minimum absolute atomic E-state index is 0.0527. The van der Waals surface area contributed by atoms with Crippen molar-refractivity contribution in [3.05, 3.63) is 95.4 Å². The van der Waals surface area contributed by atoms with Gasteiger partial charge >= 0.3 is 0 Å². The van der Waals surface area contributed by atoms with Gasteiger partial charge in [0.15, 0.2) is 0 Å². The maximum Gasteiger partial charge on any atom is 0.255 e. The van der Waals surface area contributed by atoms with Gasteiger partial charge in [-0.25, -0.2) is 0 Å². The normalized spacial score (nSPS) is 16.7. The van der Waals surface area contributed by atoms with Gasteiger partial charge in [0.2, 0.25) is 5.91 Å². The minimum Gasteiger partial charge on any atom is -0.472 e. The van der Waals surface area contributed by atoms with E-state index in [-0.39, 0.29) is 17.9 Å². The number of hydrogen-bond donors (Lipinski definition) is 1. The minimum atomic E-state index is -0.624. The highest BCUT2D eigenvalue weighted by atomic mass is 16.3. The molecule has 2 aromatic carbocycles. The molecular formula is C24H24N2O3. The van der Waals surface area contributed by atoms with Gasteiger partial charge in [-0.15, -0.1) is 0 Å². The molecule has 1 aromatic heterocycles.